The van der Waals surface area contributed by atoms with E-state index in [9.17, 15) is 4.79 Å². The maximum Gasteiger partial charge on any atom is 0.240 e. The molecule has 0 spiro atoms. The number of aryl methyl sites for hydroxylation is 1. The molecule has 1 aliphatic heterocycles. The van der Waals surface area contributed by atoms with Crippen molar-refractivity contribution in [1.29, 1.82) is 0 Å². The molecule has 4 rings (SSSR count). The van der Waals surface area contributed by atoms with E-state index in [1.54, 1.807) is 4.68 Å². The van der Waals surface area contributed by atoms with Gasteiger partial charge in [0.15, 0.2) is 0 Å². The normalized spacial score (nSPS) is 15.9. The summed E-state index contributed by atoms with van der Waals surface area (Å²) in [6.07, 6.45) is 0.620. The molecule has 2 heterocycles. The molecule has 2 aromatic carbocycles. The fourth-order valence-electron chi connectivity index (χ4n) is 3.52. The average molecular weight is 367 g/mol. The lowest BCUT2D eigenvalue weighted by Gasteiger charge is -2.25. The Hall–Kier alpha value is -2.79. The van der Waals surface area contributed by atoms with Crippen LogP contribution in [0, 0.1) is 6.92 Å². The van der Waals surface area contributed by atoms with Crippen LogP contribution in [0.25, 0.3) is 5.69 Å². The van der Waals surface area contributed by atoms with Gasteiger partial charge in [-0.15, -0.1) is 0 Å². The number of aromatic nitrogens is 2. The number of nitrogens with two attached hydrogens (primary N) is 1. The number of carbonyl (C=O) groups is 1. The lowest BCUT2D eigenvalue weighted by molar-refractivity contribution is -0.119. The van der Waals surface area contributed by atoms with Crippen LogP contribution in [0.15, 0.2) is 54.6 Å². The minimum Gasteiger partial charge on any atom is -0.368 e. The molecule has 1 aliphatic rings. The summed E-state index contributed by atoms with van der Waals surface area (Å²) in [6, 6.07) is 17.4. The number of rotatable bonds is 4. The van der Waals surface area contributed by atoms with Gasteiger partial charge < -0.3 is 10.6 Å². The van der Waals surface area contributed by atoms with Gasteiger partial charge in [0.25, 0.3) is 0 Å². The van der Waals surface area contributed by atoms with E-state index >= 15 is 0 Å². The highest BCUT2D eigenvalue weighted by Gasteiger charge is 2.34. The number of carbonyl (C=O) groups excluding carboxylic acids is 1. The van der Waals surface area contributed by atoms with Crippen molar-refractivity contribution in [1.82, 2.24) is 9.78 Å². The zero-order valence-electron chi connectivity index (χ0n) is 14.4. The smallest absolute Gasteiger partial charge is 0.240 e. The number of para-hydroxylation sites is 2. The molecule has 6 heteroatoms. The van der Waals surface area contributed by atoms with Crippen molar-refractivity contribution in [3.63, 3.8) is 0 Å². The first-order chi connectivity index (χ1) is 12.6. The van der Waals surface area contributed by atoms with Crippen molar-refractivity contribution in [2.45, 2.75) is 25.9 Å². The highest BCUT2D eigenvalue weighted by atomic mass is 35.5. The van der Waals surface area contributed by atoms with E-state index in [2.05, 4.69) is 5.10 Å². The van der Waals surface area contributed by atoms with Crippen molar-refractivity contribution < 1.29 is 4.79 Å². The average Bonchev–Trinajstić information content (AvgIpc) is 3.16. The standard InChI is InChI=1S/C20H19ClN4O/c1-13-16(19(21)25(23-13)15-8-3-2-4-9-15)12-24-17-10-6-5-7-14(17)11-18(24)20(22)26/h2-10,18H,11-12H2,1H3,(H2,22,26)/t18-/m0/s1. The van der Waals surface area contributed by atoms with Crippen molar-refractivity contribution in [2.24, 2.45) is 5.73 Å². The van der Waals surface area contributed by atoms with Crippen molar-refractivity contribution in [3.05, 3.63) is 76.6 Å². The van der Waals surface area contributed by atoms with Gasteiger partial charge in [-0.05, 0) is 30.7 Å². The van der Waals surface area contributed by atoms with Gasteiger partial charge in [-0.25, -0.2) is 4.68 Å². The number of hydrogen-bond acceptors (Lipinski definition) is 3. The van der Waals surface area contributed by atoms with Crippen molar-refractivity contribution >= 4 is 23.2 Å². The van der Waals surface area contributed by atoms with Crippen LogP contribution >= 0.6 is 11.6 Å². The summed E-state index contributed by atoms with van der Waals surface area (Å²) in [7, 11) is 0. The number of fused-ring (bicyclic) bond motifs is 1. The molecule has 0 radical (unpaired) electrons. The van der Waals surface area contributed by atoms with Gasteiger partial charge in [-0.1, -0.05) is 48.0 Å². The topological polar surface area (TPSA) is 64.2 Å². The van der Waals surface area contributed by atoms with Gasteiger partial charge in [-0.3, -0.25) is 4.79 Å². The highest BCUT2D eigenvalue weighted by molar-refractivity contribution is 6.30. The number of nitrogens with zero attached hydrogens (tertiary/aromatic N) is 3. The van der Waals surface area contributed by atoms with Crippen molar-refractivity contribution in [3.8, 4) is 5.69 Å². The monoisotopic (exact) mass is 366 g/mol. The molecule has 3 aromatic rings. The van der Waals surface area contributed by atoms with E-state index in [0.717, 1.165) is 28.2 Å². The predicted octanol–water partition coefficient (Wildman–Crippen LogP) is 3.25. The Morgan fingerprint density at radius 2 is 1.88 bits per heavy atom. The van der Waals surface area contributed by atoms with Crippen LogP contribution in [0.3, 0.4) is 0 Å². The Bertz CT molecular complexity index is 967. The van der Waals surface area contributed by atoms with E-state index in [1.807, 2.05) is 66.4 Å². The molecule has 132 valence electrons. The van der Waals surface area contributed by atoms with E-state index in [1.165, 1.54) is 0 Å². The number of primary amides is 1. The molecule has 1 atom stereocenters. The van der Waals surface area contributed by atoms with E-state index in [-0.39, 0.29) is 11.9 Å². The first kappa shape index (κ1) is 16.7. The zero-order valence-corrected chi connectivity index (χ0v) is 15.1. The van der Waals surface area contributed by atoms with Crippen LogP contribution in [-0.4, -0.2) is 21.7 Å². The maximum atomic E-state index is 12.0. The predicted molar refractivity (Wildman–Crippen MR) is 103 cm³/mol. The molecule has 0 bridgehead atoms. The summed E-state index contributed by atoms with van der Waals surface area (Å²) in [5.74, 6) is -0.328. The van der Waals surface area contributed by atoms with Gasteiger partial charge >= 0.3 is 0 Å². The van der Waals surface area contributed by atoms with E-state index in [0.29, 0.717) is 18.1 Å². The fraction of sp³-hybridized carbons (Fsp3) is 0.200. The SMILES string of the molecule is Cc1nn(-c2ccccc2)c(Cl)c1CN1c2ccccc2C[C@H]1C(N)=O. The maximum absolute atomic E-state index is 12.0. The summed E-state index contributed by atoms with van der Waals surface area (Å²) in [4.78, 5) is 14.0. The minimum atomic E-state index is -0.372. The Morgan fingerprint density at radius 3 is 2.62 bits per heavy atom. The van der Waals surface area contributed by atoms with Crippen LogP contribution < -0.4 is 10.6 Å². The summed E-state index contributed by atoms with van der Waals surface area (Å²) in [5.41, 5.74) is 10.5. The van der Waals surface area contributed by atoms with Gasteiger partial charge in [-0.2, -0.15) is 5.10 Å². The summed E-state index contributed by atoms with van der Waals surface area (Å²) >= 11 is 6.65. The number of halogens is 1. The second kappa shape index (κ2) is 6.50. The van der Waals surface area contributed by atoms with Crippen LogP contribution in [-0.2, 0) is 17.8 Å². The lowest BCUT2D eigenvalue weighted by atomic mass is 10.1. The summed E-state index contributed by atoms with van der Waals surface area (Å²) < 4.78 is 1.73. The summed E-state index contributed by atoms with van der Waals surface area (Å²) in [5, 5.41) is 5.15. The summed E-state index contributed by atoms with van der Waals surface area (Å²) in [6.45, 7) is 2.42. The lowest BCUT2D eigenvalue weighted by Crippen LogP contribution is -2.42. The third kappa shape index (κ3) is 2.74. The molecule has 0 fully saturated rings. The second-order valence-electron chi connectivity index (χ2n) is 6.48. The zero-order chi connectivity index (χ0) is 18.3. The van der Waals surface area contributed by atoms with Gasteiger partial charge in [0.05, 0.1) is 11.4 Å². The largest absolute Gasteiger partial charge is 0.368 e. The highest BCUT2D eigenvalue weighted by Crippen LogP contribution is 2.35. The van der Waals surface area contributed by atoms with E-state index in [4.69, 9.17) is 17.3 Å². The van der Waals surface area contributed by atoms with Crippen LogP contribution in [0.1, 0.15) is 16.8 Å². The van der Waals surface area contributed by atoms with Crippen LogP contribution in [0.4, 0.5) is 5.69 Å². The second-order valence-corrected chi connectivity index (χ2v) is 6.84. The number of amides is 1. The van der Waals surface area contributed by atoms with Crippen LogP contribution in [0.5, 0.6) is 0 Å². The Morgan fingerprint density at radius 1 is 1.19 bits per heavy atom. The number of anilines is 1. The quantitative estimate of drug-likeness (QED) is 0.770. The van der Waals surface area contributed by atoms with Crippen molar-refractivity contribution in [2.75, 3.05) is 4.90 Å². The molecule has 0 saturated heterocycles. The molecule has 2 N–H and O–H groups in total. The Balaban J connectivity index is 1.73. The molecule has 0 saturated carbocycles. The number of hydrogen-bond donors (Lipinski definition) is 1. The first-order valence-corrected chi connectivity index (χ1v) is 8.87. The first-order valence-electron chi connectivity index (χ1n) is 8.49. The molecule has 1 amide bonds. The number of benzene rings is 2. The van der Waals surface area contributed by atoms with Gasteiger partial charge in [0.2, 0.25) is 5.91 Å². The van der Waals surface area contributed by atoms with Gasteiger partial charge in [0, 0.05) is 24.2 Å². The molecular weight excluding hydrogens is 348 g/mol. The molecule has 5 nitrogen and oxygen atoms in total. The minimum absolute atomic E-state index is 0.328. The molecule has 1 aromatic heterocycles. The van der Waals surface area contributed by atoms with E-state index < -0.39 is 0 Å². The molecule has 26 heavy (non-hydrogen) atoms. The van der Waals surface area contributed by atoms with Gasteiger partial charge in [0.1, 0.15) is 11.2 Å². The molecule has 0 unspecified atom stereocenters. The fourth-order valence-corrected chi connectivity index (χ4v) is 3.85. The third-order valence-electron chi connectivity index (χ3n) is 4.87. The Labute approximate surface area is 157 Å². The third-order valence-corrected chi connectivity index (χ3v) is 5.26. The molecular formula is C20H19ClN4O. The molecule has 0 aliphatic carbocycles. The Kier molecular flexibility index (Phi) is 4.17. The van der Waals surface area contributed by atoms with Crippen LogP contribution in [0.2, 0.25) is 5.15 Å².